The number of thioether (sulfide) groups is 1. The highest BCUT2D eigenvalue weighted by Gasteiger charge is 2.24. The van der Waals surface area contributed by atoms with Gasteiger partial charge in [0, 0.05) is 12.2 Å². The summed E-state index contributed by atoms with van der Waals surface area (Å²) < 4.78 is 4.61. The van der Waals surface area contributed by atoms with Crippen molar-refractivity contribution in [1.82, 2.24) is 14.9 Å². The number of methoxy groups -OCH3 is 1. The predicted octanol–water partition coefficient (Wildman–Crippen LogP) is 0.825. The first-order chi connectivity index (χ1) is 9.94. The van der Waals surface area contributed by atoms with Crippen LogP contribution in [0.2, 0.25) is 0 Å². The van der Waals surface area contributed by atoms with E-state index in [1.165, 1.54) is 23.8 Å². The summed E-state index contributed by atoms with van der Waals surface area (Å²) in [5.41, 5.74) is 0.262. The fourth-order valence-corrected chi connectivity index (χ4v) is 2.48. The van der Waals surface area contributed by atoms with Crippen LogP contribution in [0.3, 0.4) is 0 Å². The Morgan fingerprint density at radius 1 is 1.43 bits per heavy atom. The van der Waals surface area contributed by atoms with Crippen LogP contribution < -0.4 is 5.69 Å². The van der Waals surface area contributed by atoms with Gasteiger partial charge in [-0.25, -0.2) is 4.79 Å². The number of nitrogens with one attached hydrogen (secondary N) is 1. The second-order valence-corrected chi connectivity index (χ2v) is 5.15. The maximum Gasteiger partial charge on any atom is 0.346 e. The molecule has 0 spiro atoms. The van der Waals surface area contributed by atoms with E-state index in [0.29, 0.717) is 29.2 Å². The summed E-state index contributed by atoms with van der Waals surface area (Å²) >= 11 is 1.22. The molecule has 21 heavy (non-hydrogen) atoms. The van der Waals surface area contributed by atoms with Crippen molar-refractivity contribution in [1.29, 1.82) is 0 Å². The minimum Gasteiger partial charge on any atom is -0.468 e. The highest BCUT2D eigenvalue weighted by molar-refractivity contribution is 7.98. The Labute approximate surface area is 127 Å². The molecule has 1 N–H and O–H groups in total. The number of carbonyl (C=O) groups excluding carboxylic acids is 2. The lowest BCUT2D eigenvalue weighted by atomic mass is 10.2. The minimum atomic E-state index is -0.497. The number of rotatable bonds is 6. The molecule has 0 aliphatic rings. The Morgan fingerprint density at radius 2 is 2.10 bits per heavy atom. The molecular weight excluding hydrogens is 294 g/mol. The van der Waals surface area contributed by atoms with Crippen LogP contribution in [-0.4, -0.2) is 53.2 Å². The summed E-state index contributed by atoms with van der Waals surface area (Å²) in [5, 5.41) is 0.354. The van der Waals surface area contributed by atoms with Crippen LogP contribution in [0.1, 0.15) is 29.4 Å². The maximum absolute atomic E-state index is 12.6. The number of amides is 1. The second-order valence-electron chi connectivity index (χ2n) is 4.35. The molecule has 0 aromatic carbocycles. The van der Waals surface area contributed by atoms with E-state index < -0.39 is 11.7 Å². The number of hydrogen-bond acceptors (Lipinski definition) is 6. The van der Waals surface area contributed by atoms with E-state index in [9.17, 15) is 14.4 Å². The van der Waals surface area contributed by atoms with Crippen LogP contribution in [0.25, 0.3) is 0 Å². The van der Waals surface area contributed by atoms with Gasteiger partial charge in [0.1, 0.15) is 11.6 Å². The molecule has 0 radical (unpaired) electrons. The van der Waals surface area contributed by atoms with Crippen LogP contribution in [0, 0.1) is 6.92 Å². The molecule has 0 aliphatic carbocycles. The molecule has 7 nitrogen and oxygen atoms in total. The lowest BCUT2D eigenvalue weighted by Crippen LogP contribution is -2.38. The quantitative estimate of drug-likeness (QED) is 0.475. The molecule has 0 aliphatic heterocycles. The number of carbonyl (C=O) groups is 2. The molecule has 1 heterocycles. The van der Waals surface area contributed by atoms with Crippen LogP contribution in [-0.2, 0) is 9.53 Å². The molecule has 0 atom stereocenters. The largest absolute Gasteiger partial charge is 0.468 e. The first kappa shape index (κ1) is 17.2. The van der Waals surface area contributed by atoms with E-state index in [4.69, 9.17) is 0 Å². The number of aromatic nitrogens is 2. The number of hydrogen-bond donors (Lipinski definition) is 1. The first-order valence-corrected chi connectivity index (χ1v) is 7.68. The third-order valence-corrected chi connectivity index (χ3v) is 3.50. The normalized spacial score (nSPS) is 10.3. The van der Waals surface area contributed by atoms with E-state index in [1.807, 2.05) is 6.92 Å². The Bertz CT molecular complexity index is 585. The molecule has 0 unspecified atom stereocenters. The van der Waals surface area contributed by atoms with Crippen molar-refractivity contribution in [3.05, 3.63) is 21.7 Å². The molecule has 1 rings (SSSR count). The van der Waals surface area contributed by atoms with Crippen molar-refractivity contribution in [2.24, 2.45) is 0 Å². The number of esters is 1. The molecule has 0 saturated heterocycles. The van der Waals surface area contributed by atoms with Crippen LogP contribution in [0.15, 0.2) is 9.82 Å². The first-order valence-electron chi connectivity index (χ1n) is 6.45. The van der Waals surface area contributed by atoms with Crippen LogP contribution in [0.4, 0.5) is 0 Å². The van der Waals surface area contributed by atoms with Crippen molar-refractivity contribution >= 4 is 23.6 Å². The number of H-pyrrole nitrogens is 1. The molecule has 1 aromatic heterocycles. The van der Waals surface area contributed by atoms with Crippen molar-refractivity contribution in [2.75, 3.05) is 26.5 Å². The Kier molecular flexibility index (Phi) is 6.41. The standard InChI is InChI=1S/C13H19N3O4S/c1-5-6-16(7-9(17)20-3)12(18)10-8(2)14-13(19)15-11(10)21-4/h5-7H2,1-4H3,(H,14,15,19). The van der Waals surface area contributed by atoms with Gasteiger partial charge in [0.25, 0.3) is 5.91 Å². The highest BCUT2D eigenvalue weighted by atomic mass is 32.2. The third kappa shape index (κ3) is 4.32. The van der Waals surface area contributed by atoms with Gasteiger partial charge in [-0.15, -0.1) is 11.8 Å². The molecule has 0 fully saturated rings. The van der Waals surface area contributed by atoms with Gasteiger partial charge in [0.2, 0.25) is 0 Å². The fraction of sp³-hybridized carbons (Fsp3) is 0.538. The molecule has 0 saturated carbocycles. The Balaban J connectivity index is 3.20. The number of aryl methyl sites for hydroxylation is 1. The van der Waals surface area contributed by atoms with Crippen LogP contribution in [0.5, 0.6) is 0 Å². The van der Waals surface area contributed by atoms with Crippen molar-refractivity contribution in [3.63, 3.8) is 0 Å². The molecule has 116 valence electrons. The van der Waals surface area contributed by atoms with E-state index in [-0.39, 0.29) is 12.5 Å². The summed E-state index contributed by atoms with van der Waals surface area (Å²) in [6.45, 7) is 3.83. The van der Waals surface area contributed by atoms with Gasteiger partial charge in [-0.3, -0.25) is 9.59 Å². The van der Waals surface area contributed by atoms with Gasteiger partial charge in [-0.1, -0.05) is 6.92 Å². The van der Waals surface area contributed by atoms with E-state index >= 15 is 0 Å². The topological polar surface area (TPSA) is 92.4 Å². The predicted molar refractivity (Wildman–Crippen MR) is 79.6 cm³/mol. The molecule has 0 bridgehead atoms. The fourth-order valence-electron chi connectivity index (χ4n) is 1.86. The summed E-state index contributed by atoms with van der Waals surface area (Å²) in [4.78, 5) is 43.2. The maximum atomic E-state index is 12.6. The van der Waals surface area contributed by atoms with Crippen molar-refractivity contribution in [3.8, 4) is 0 Å². The summed E-state index contributed by atoms with van der Waals surface area (Å²) in [6, 6.07) is 0. The van der Waals surface area contributed by atoms with E-state index in [2.05, 4.69) is 14.7 Å². The average molecular weight is 313 g/mol. The Morgan fingerprint density at radius 3 is 2.62 bits per heavy atom. The number of aromatic amines is 1. The second kappa shape index (κ2) is 7.82. The SMILES string of the molecule is CCCN(CC(=O)OC)C(=O)c1c(SC)nc(=O)[nH]c1C. The van der Waals surface area contributed by atoms with Crippen LogP contribution >= 0.6 is 11.8 Å². The monoisotopic (exact) mass is 313 g/mol. The van der Waals surface area contributed by atoms with Gasteiger partial charge in [0.15, 0.2) is 0 Å². The zero-order valence-electron chi connectivity index (χ0n) is 12.6. The number of ether oxygens (including phenoxy) is 1. The van der Waals surface area contributed by atoms with E-state index in [1.54, 1.807) is 13.2 Å². The Hall–Kier alpha value is -1.83. The summed E-state index contributed by atoms with van der Waals surface area (Å²) in [5.74, 6) is -0.828. The van der Waals surface area contributed by atoms with Gasteiger partial charge in [-0.05, 0) is 19.6 Å². The zero-order chi connectivity index (χ0) is 16.0. The molecule has 1 amide bonds. The molecular formula is C13H19N3O4S. The minimum absolute atomic E-state index is 0.129. The van der Waals surface area contributed by atoms with Gasteiger partial charge < -0.3 is 14.6 Å². The lowest BCUT2D eigenvalue weighted by molar-refractivity contribution is -0.141. The van der Waals surface area contributed by atoms with E-state index in [0.717, 1.165) is 0 Å². The molecule has 1 aromatic rings. The van der Waals surface area contributed by atoms with Crippen molar-refractivity contribution < 1.29 is 14.3 Å². The summed E-state index contributed by atoms with van der Waals surface area (Å²) in [6.07, 6.45) is 2.44. The van der Waals surface area contributed by atoms with Crippen molar-refractivity contribution in [2.45, 2.75) is 25.3 Å². The number of nitrogens with zero attached hydrogens (tertiary/aromatic N) is 2. The highest BCUT2D eigenvalue weighted by Crippen LogP contribution is 2.20. The lowest BCUT2D eigenvalue weighted by Gasteiger charge is -2.22. The van der Waals surface area contributed by atoms with Gasteiger partial charge >= 0.3 is 11.7 Å². The average Bonchev–Trinajstić information content (AvgIpc) is 2.45. The van der Waals surface area contributed by atoms with Gasteiger partial charge in [-0.2, -0.15) is 4.98 Å². The zero-order valence-corrected chi connectivity index (χ0v) is 13.4. The summed E-state index contributed by atoms with van der Waals surface area (Å²) in [7, 11) is 1.27. The smallest absolute Gasteiger partial charge is 0.346 e. The molecule has 8 heteroatoms. The third-order valence-electron chi connectivity index (χ3n) is 2.82. The van der Waals surface area contributed by atoms with Gasteiger partial charge in [0.05, 0.1) is 12.7 Å².